The maximum absolute atomic E-state index is 13.4. The second-order valence-corrected chi connectivity index (χ2v) is 11.6. The molecule has 0 unspecified atom stereocenters. The molecule has 4 rings (SSSR count). The Bertz CT molecular complexity index is 1480. The van der Waals surface area contributed by atoms with Gasteiger partial charge >= 0.3 is 5.97 Å². The normalized spacial score (nSPS) is 18.4. The van der Waals surface area contributed by atoms with Gasteiger partial charge in [0.25, 0.3) is 0 Å². The Hall–Kier alpha value is -4.04. The molecule has 3 atom stereocenters. The van der Waals surface area contributed by atoms with Crippen molar-refractivity contribution in [3.05, 3.63) is 90.0 Å². The molecule has 1 aliphatic heterocycles. The van der Waals surface area contributed by atoms with Crippen LogP contribution >= 0.6 is 0 Å². The van der Waals surface area contributed by atoms with Crippen molar-refractivity contribution in [2.45, 2.75) is 35.9 Å². The molecule has 0 saturated carbocycles. The molecular weight excluding hydrogens is 516 g/mol. The molecule has 3 aromatic rings. The first-order valence-corrected chi connectivity index (χ1v) is 13.9. The molecule has 0 aliphatic carbocycles. The molecule has 1 saturated heterocycles. The summed E-state index contributed by atoms with van der Waals surface area (Å²) in [4.78, 5) is 27.4. The highest BCUT2D eigenvalue weighted by atomic mass is 32.2. The number of nitriles is 1. The van der Waals surface area contributed by atoms with E-state index in [1.165, 1.54) is 16.4 Å². The molecule has 1 aliphatic rings. The number of likely N-dealkylation sites (N-methyl/N-ethyl adjacent to an activating group) is 1. The summed E-state index contributed by atoms with van der Waals surface area (Å²) in [6.07, 6.45) is 0.251. The number of nitrogens with one attached hydrogen (secondary N) is 1. The van der Waals surface area contributed by atoms with E-state index in [0.29, 0.717) is 11.1 Å². The van der Waals surface area contributed by atoms with E-state index < -0.39 is 34.0 Å². The van der Waals surface area contributed by atoms with E-state index in [4.69, 9.17) is 0 Å². The van der Waals surface area contributed by atoms with E-state index in [1.54, 1.807) is 54.6 Å². The van der Waals surface area contributed by atoms with Gasteiger partial charge < -0.3 is 15.3 Å². The third kappa shape index (κ3) is 6.17. The first kappa shape index (κ1) is 28.0. The summed E-state index contributed by atoms with van der Waals surface area (Å²) in [6.45, 7) is 0.117. The summed E-state index contributed by atoms with van der Waals surface area (Å²) in [5.41, 5.74) is 2.79. The van der Waals surface area contributed by atoms with Crippen molar-refractivity contribution in [1.82, 2.24) is 14.5 Å². The summed E-state index contributed by atoms with van der Waals surface area (Å²) in [7, 11) is -0.343. The van der Waals surface area contributed by atoms with Gasteiger partial charge in [-0.05, 0) is 55.4 Å². The number of benzene rings is 3. The van der Waals surface area contributed by atoms with Gasteiger partial charge in [-0.15, -0.1) is 0 Å². The predicted octanol–water partition coefficient (Wildman–Crippen LogP) is 2.73. The number of carbonyl (C=O) groups excluding carboxylic acids is 1. The molecular formula is C29H30N4O5S. The lowest BCUT2D eigenvalue weighted by Crippen LogP contribution is -2.51. The van der Waals surface area contributed by atoms with Crippen molar-refractivity contribution in [3.8, 4) is 17.2 Å². The number of hydrogen-bond donors (Lipinski definition) is 2. The number of carbonyl (C=O) groups is 2. The third-order valence-corrected chi connectivity index (χ3v) is 8.87. The van der Waals surface area contributed by atoms with Crippen molar-refractivity contribution in [2.24, 2.45) is 0 Å². The molecule has 9 nitrogen and oxygen atoms in total. The van der Waals surface area contributed by atoms with Crippen LogP contribution in [0.25, 0.3) is 11.1 Å². The zero-order chi connectivity index (χ0) is 28.2. The van der Waals surface area contributed by atoms with Crippen LogP contribution in [-0.2, 0) is 26.0 Å². The lowest BCUT2D eigenvalue weighted by Gasteiger charge is -2.25. The van der Waals surface area contributed by atoms with E-state index in [-0.39, 0.29) is 30.3 Å². The Morgan fingerprint density at radius 2 is 1.69 bits per heavy atom. The molecule has 202 valence electrons. The summed E-state index contributed by atoms with van der Waals surface area (Å²) in [6, 6.07) is 21.9. The summed E-state index contributed by atoms with van der Waals surface area (Å²) < 4.78 is 28.0. The molecule has 0 spiro atoms. The highest BCUT2D eigenvalue weighted by molar-refractivity contribution is 7.89. The van der Waals surface area contributed by atoms with Gasteiger partial charge in [-0.1, -0.05) is 60.7 Å². The van der Waals surface area contributed by atoms with Crippen molar-refractivity contribution >= 4 is 21.9 Å². The maximum atomic E-state index is 13.4. The van der Waals surface area contributed by atoms with Gasteiger partial charge in [0.15, 0.2) is 0 Å². The van der Waals surface area contributed by atoms with Crippen LogP contribution in [0.4, 0.5) is 0 Å². The molecule has 2 N–H and O–H groups in total. The molecule has 3 aromatic carbocycles. The molecule has 1 heterocycles. The Kier molecular flexibility index (Phi) is 8.45. The van der Waals surface area contributed by atoms with Crippen molar-refractivity contribution in [3.63, 3.8) is 0 Å². The van der Waals surface area contributed by atoms with Gasteiger partial charge in [-0.25, -0.2) is 13.2 Å². The van der Waals surface area contributed by atoms with Gasteiger partial charge in [0, 0.05) is 19.0 Å². The number of aliphatic carboxylic acids is 1. The first-order valence-electron chi connectivity index (χ1n) is 12.5. The maximum Gasteiger partial charge on any atom is 0.326 e. The number of carboxylic acids is 1. The van der Waals surface area contributed by atoms with E-state index in [9.17, 15) is 28.4 Å². The molecule has 0 radical (unpaired) electrons. The summed E-state index contributed by atoms with van der Waals surface area (Å²) >= 11 is 0. The van der Waals surface area contributed by atoms with Crippen LogP contribution in [0.1, 0.15) is 17.5 Å². The standard InChI is InChI=1S/C29H30N4O5S/c1-32(2)23-17-27(33(19-23)39(37,38)24-9-4-3-5-10-24)28(34)31-26(29(35)36)16-20-12-14-21(15-13-20)25-11-7-6-8-22(25)18-30/h3-15,23,26-27H,16-17,19H2,1-2H3,(H,31,34)(H,35,36)/t23-,26+,27+/m1/s1. The van der Waals surface area contributed by atoms with E-state index >= 15 is 0 Å². The van der Waals surface area contributed by atoms with Gasteiger partial charge in [0.05, 0.1) is 16.5 Å². The minimum Gasteiger partial charge on any atom is -0.480 e. The van der Waals surface area contributed by atoms with Crippen molar-refractivity contribution in [1.29, 1.82) is 5.26 Å². The molecule has 0 bridgehead atoms. The highest BCUT2D eigenvalue weighted by Crippen LogP contribution is 2.29. The minimum absolute atomic E-state index is 0.0104. The lowest BCUT2D eigenvalue weighted by atomic mass is 9.97. The summed E-state index contributed by atoms with van der Waals surface area (Å²) in [5, 5.41) is 21.8. The minimum atomic E-state index is -3.98. The fourth-order valence-corrected chi connectivity index (χ4v) is 6.40. The van der Waals surface area contributed by atoms with Crippen LogP contribution in [0.15, 0.2) is 83.8 Å². The third-order valence-electron chi connectivity index (χ3n) is 6.98. The van der Waals surface area contributed by atoms with E-state index in [0.717, 1.165) is 11.1 Å². The fourth-order valence-electron chi connectivity index (χ4n) is 4.75. The van der Waals surface area contributed by atoms with Gasteiger partial charge in [0.1, 0.15) is 12.1 Å². The van der Waals surface area contributed by atoms with Crippen LogP contribution in [-0.4, -0.2) is 73.4 Å². The highest BCUT2D eigenvalue weighted by Gasteiger charge is 2.45. The quantitative estimate of drug-likeness (QED) is 0.422. The zero-order valence-corrected chi connectivity index (χ0v) is 22.5. The largest absolute Gasteiger partial charge is 0.480 e. The Labute approximate surface area is 228 Å². The van der Waals surface area contributed by atoms with Crippen LogP contribution in [0.2, 0.25) is 0 Å². The molecule has 1 fully saturated rings. The average Bonchev–Trinajstić information content (AvgIpc) is 3.41. The number of sulfonamides is 1. The summed E-state index contributed by atoms with van der Waals surface area (Å²) in [5.74, 6) is -1.87. The molecule has 0 aromatic heterocycles. The zero-order valence-electron chi connectivity index (χ0n) is 21.7. The molecule has 10 heteroatoms. The molecule has 39 heavy (non-hydrogen) atoms. The number of rotatable bonds is 9. The number of amides is 1. The average molecular weight is 547 g/mol. The smallest absolute Gasteiger partial charge is 0.326 e. The monoisotopic (exact) mass is 546 g/mol. The van der Waals surface area contributed by atoms with Crippen molar-refractivity contribution in [2.75, 3.05) is 20.6 Å². The van der Waals surface area contributed by atoms with Crippen LogP contribution < -0.4 is 5.32 Å². The first-order chi connectivity index (χ1) is 18.6. The van der Waals surface area contributed by atoms with E-state index in [1.807, 2.05) is 31.1 Å². The molecule has 1 amide bonds. The lowest BCUT2D eigenvalue weighted by molar-refractivity contribution is -0.142. The second-order valence-electron chi connectivity index (χ2n) is 9.71. The number of hydrogen-bond acceptors (Lipinski definition) is 6. The SMILES string of the molecule is CN(C)[C@@H]1C[C@@H](C(=O)N[C@@H](Cc2ccc(-c3ccccc3C#N)cc2)C(=O)O)N(S(=O)(=O)c2ccccc2)C1. The van der Waals surface area contributed by atoms with Gasteiger partial charge in [-0.3, -0.25) is 4.79 Å². The Balaban J connectivity index is 1.53. The Morgan fingerprint density at radius 3 is 2.31 bits per heavy atom. The van der Waals surface area contributed by atoms with Crippen LogP contribution in [0.5, 0.6) is 0 Å². The Morgan fingerprint density at radius 1 is 1.05 bits per heavy atom. The fraction of sp³-hybridized carbons (Fsp3) is 0.276. The van der Waals surface area contributed by atoms with Crippen LogP contribution in [0.3, 0.4) is 0 Å². The van der Waals surface area contributed by atoms with Crippen LogP contribution in [0, 0.1) is 11.3 Å². The predicted molar refractivity (Wildman–Crippen MR) is 146 cm³/mol. The number of carboxylic acid groups (broad SMARTS) is 1. The van der Waals surface area contributed by atoms with Gasteiger partial charge in [0.2, 0.25) is 15.9 Å². The second kappa shape index (κ2) is 11.8. The number of nitrogens with zero attached hydrogens (tertiary/aromatic N) is 3. The van der Waals surface area contributed by atoms with Gasteiger partial charge in [-0.2, -0.15) is 9.57 Å². The van der Waals surface area contributed by atoms with Crippen molar-refractivity contribution < 1.29 is 23.1 Å². The topological polar surface area (TPSA) is 131 Å². The van der Waals surface area contributed by atoms with E-state index in [2.05, 4.69) is 11.4 Å².